The average Bonchev–Trinajstić information content (AvgIpc) is 2.80. The number of halogens is 3. The standard InChI is InChI=1S/C16H18F3N3O2/c1-11-15(20-14(23)8-9-24-10-16(17,18)19)12(2)22(21-11)13-6-4-3-5-7-13/h3-7H,8-10H2,1-2H3,(H,20,23). The van der Waals surface area contributed by atoms with Gasteiger partial charge in [-0.15, -0.1) is 0 Å². The number of rotatable bonds is 6. The van der Waals surface area contributed by atoms with Crippen LogP contribution in [-0.4, -0.2) is 35.1 Å². The molecule has 0 aliphatic heterocycles. The highest BCUT2D eigenvalue weighted by Gasteiger charge is 2.27. The van der Waals surface area contributed by atoms with Gasteiger partial charge in [-0.1, -0.05) is 18.2 Å². The van der Waals surface area contributed by atoms with Gasteiger partial charge < -0.3 is 10.1 Å². The van der Waals surface area contributed by atoms with Crippen molar-refractivity contribution in [3.8, 4) is 5.69 Å². The molecule has 0 fully saturated rings. The third kappa shape index (κ3) is 4.82. The summed E-state index contributed by atoms with van der Waals surface area (Å²) in [6.07, 6.45) is -4.55. The van der Waals surface area contributed by atoms with Crippen LogP contribution in [0.3, 0.4) is 0 Å². The predicted molar refractivity (Wildman–Crippen MR) is 83.2 cm³/mol. The highest BCUT2D eigenvalue weighted by Crippen LogP contribution is 2.23. The van der Waals surface area contributed by atoms with Crippen LogP contribution >= 0.6 is 0 Å². The Balaban J connectivity index is 1.98. The predicted octanol–water partition coefficient (Wildman–Crippen LogP) is 3.40. The molecule has 0 saturated carbocycles. The summed E-state index contributed by atoms with van der Waals surface area (Å²) in [6.45, 7) is 1.91. The van der Waals surface area contributed by atoms with Gasteiger partial charge in [0, 0.05) is 0 Å². The maximum atomic E-state index is 12.0. The van der Waals surface area contributed by atoms with E-state index in [-0.39, 0.29) is 13.0 Å². The molecular weight excluding hydrogens is 323 g/mol. The van der Waals surface area contributed by atoms with Crippen LogP contribution in [0.5, 0.6) is 0 Å². The monoisotopic (exact) mass is 341 g/mol. The molecular formula is C16H18F3N3O2. The van der Waals surface area contributed by atoms with E-state index in [2.05, 4.69) is 15.2 Å². The summed E-state index contributed by atoms with van der Waals surface area (Å²) in [5.41, 5.74) is 2.77. The lowest BCUT2D eigenvalue weighted by Gasteiger charge is -2.09. The van der Waals surface area contributed by atoms with Crippen molar-refractivity contribution >= 4 is 11.6 Å². The maximum absolute atomic E-state index is 12.0. The molecule has 1 aromatic carbocycles. The van der Waals surface area contributed by atoms with Gasteiger partial charge in [-0.05, 0) is 26.0 Å². The van der Waals surface area contributed by atoms with E-state index in [1.165, 1.54) is 0 Å². The highest BCUT2D eigenvalue weighted by atomic mass is 19.4. The van der Waals surface area contributed by atoms with Crippen molar-refractivity contribution in [2.24, 2.45) is 0 Å². The summed E-state index contributed by atoms with van der Waals surface area (Å²) in [5, 5.41) is 7.07. The number of hydrogen-bond donors (Lipinski definition) is 1. The normalized spacial score (nSPS) is 11.5. The summed E-state index contributed by atoms with van der Waals surface area (Å²) in [4.78, 5) is 11.9. The molecule has 5 nitrogen and oxygen atoms in total. The van der Waals surface area contributed by atoms with Gasteiger partial charge in [-0.25, -0.2) is 4.68 Å². The molecule has 1 amide bonds. The molecule has 0 saturated heterocycles. The molecule has 2 aromatic rings. The Kier molecular flexibility index (Phi) is 5.61. The molecule has 0 bridgehead atoms. The second-order valence-electron chi connectivity index (χ2n) is 5.26. The average molecular weight is 341 g/mol. The Morgan fingerprint density at radius 3 is 2.54 bits per heavy atom. The summed E-state index contributed by atoms with van der Waals surface area (Å²) in [5.74, 6) is -0.420. The number of nitrogens with zero attached hydrogens (tertiary/aromatic N) is 2. The number of aryl methyl sites for hydroxylation is 1. The van der Waals surface area contributed by atoms with E-state index < -0.39 is 18.7 Å². The van der Waals surface area contributed by atoms with Crippen molar-refractivity contribution in [3.63, 3.8) is 0 Å². The van der Waals surface area contributed by atoms with Gasteiger partial charge in [-0.3, -0.25) is 4.79 Å². The Morgan fingerprint density at radius 1 is 1.25 bits per heavy atom. The topological polar surface area (TPSA) is 56.2 Å². The maximum Gasteiger partial charge on any atom is 0.411 e. The zero-order chi connectivity index (χ0) is 17.7. The Hall–Kier alpha value is -2.35. The van der Waals surface area contributed by atoms with Gasteiger partial charge in [0.1, 0.15) is 6.61 Å². The molecule has 130 valence electrons. The van der Waals surface area contributed by atoms with Gasteiger partial charge in [0.25, 0.3) is 0 Å². The van der Waals surface area contributed by atoms with E-state index in [4.69, 9.17) is 0 Å². The molecule has 0 aliphatic rings. The van der Waals surface area contributed by atoms with Gasteiger partial charge >= 0.3 is 6.18 Å². The molecule has 24 heavy (non-hydrogen) atoms. The van der Waals surface area contributed by atoms with E-state index in [1.807, 2.05) is 37.3 Å². The van der Waals surface area contributed by atoms with E-state index >= 15 is 0 Å². The number of carbonyl (C=O) groups is 1. The minimum atomic E-state index is -4.39. The van der Waals surface area contributed by atoms with Crippen molar-refractivity contribution < 1.29 is 22.7 Å². The Labute approximate surface area is 137 Å². The first kappa shape index (κ1) is 18.0. The third-order valence-electron chi connectivity index (χ3n) is 3.30. The quantitative estimate of drug-likeness (QED) is 0.820. The molecule has 2 rings (SSSR count). The fourth-order valence-corrected chi connectivity index (χ4v) is 2.20. The van der Waals surface area contributed by atoms with E-state index in [0.717, 1.165) is 11.4 Å². The SMILES string of the molecule is Cc1nn(-c2ccccc2)c(C)c1NC(=O)CCOCC(F)(F)F. The number of hydrogen-bond acceptors (Lipinski definition) is 3. The largest absolute Gasteiger partial charge is 0.411 e. The van der Waals surface area contributed by atoms with Crippen LogP contribution in [0.2, 0.25) is 0 Å². The molecule has 0 spiro atoms. The smallest absolute Gasteiger partial charge is 0.372 e. The minimum Gasteiger partial charge on any atom is -0.372 e. The van der Waals surface area contributed by atoms with E-state index in [1.54, 1.807) is 11.6 Å². The van der Waals surface area contributed by atoms with Crippen molar-refractivity contribution in [1.29, 1.82) is 0 Å². The van der Waals surface area contributed by atoms with Gasteiger partial charge in [-0.2, -0.15) is 18.3 Å². The number of anilines is 1. The van der Waals surface area contributed by atoms with Crippen LogP contribution in [-0.2, 0) is 9.53 Å². The molecule has 0 unspecified atom stereocenters. The lowest BCUT2D eigenvalue weighted by molar-refractivity contribution is -0.174. The number of aromatic nitrogens is 2. The number of carbonyl (C=O) groups excluding carboxylic acids is 1. The number of ether oxygens (including phenoxy) is 1. The summed E-state index contributed by atoms with van der Waals surface area (Å²) in [7, 11) is 0. The van der Waals surface area contributed by atoms with Crippen LogP contribution in [0.4, 0.5) is 18.9 Å². The summed E-state index contributed by atoms with van der Waals surface area (Å²) >= 11 is 0. The molecule has 0 aliphatic carbocycles. The van der Waals surface area contributed by atoms with Crippen molar-refractivity contribution in [1.82, 2.24) is 9.78 Å². The van der Waals surface area contributed by atoms with Gasteiger partial charge in [0.2, 0.25) is 5.91 Å². The Morgan fingerprint density at radius 2 is 1.92 bits per heavy atom. The molecule has 0 radical (unpaired) electrons. The fourth-order valence-electron chi connectivity index (χ4n) is 2.20. The van der Waals surface area contributed by atoms with E-state index in [0.29, 0.717) is 11.4 Å². The Bertz CT molecular complexity index is 697. The third-order valence-corrected chi connectivity index (χ3v) is 3.30. The zero-order valence-corrected chi connectivity index (χ0v) is 13.4. The first-order chi connectivity index (χ1) is 11.3. The van der Waals surface area contributed by atoms with Gasteiger partial charge in [0.05, 0.1) is 35.8 Å². The number of benzene rings is 1. The van der Waals surface area contributed by atoms with Crippen LogP contribution in [0.25, 0.3) is 5.69 Å². The van der Waals surface area contributed by atoms with Crippen LogP contribution in [0, 0.1) is 13.8 Å². The summed E-state index contributed by atoms with van der Waals surface area (Å²) < 4.78 is 42.0. The van der Waals surface area contributed by atoms with E-state index in [9.17, 15) is 18.0 Å². The number of para-hydroxylation sites is 1. The van der Waals surface area contributed by atoms with Crippen LogP contribution in [0.15, 0.2) is 30.3 Å². The second-order valence-corrected chi connectivity index (χ2v) is 5.26. The lowest BCUT2D eigenvalue weighted by atomic mass is 10.2. The molecule has 8 heteroatoms. The molecule has 1 N–H and O–H groups in total. The second kappa shape index (κ2) is 7.48. The lowest BCUT2D eigenvalue weighted by Crippen LogP contribution is -2.20. The highest BCUT2D eigenvalue weighted by molar-refractivity contribution is 5.92. The number of amides is 1. The van der Waals surface area contributed by atoms with Crippen molar-refractivity contribution in [2.75, 3.05) is 18.5 Å². The first-order valence-electron chi connectivity index (χ1n) is 7.34. The van der Waals surface area contributed by atoms with Crippen LogP contribution in [0.1, 0.15) is 17.8 Å². The molecule has 1 heterocycles. The minimum absolute atomic E-state index is 0.161. The number of nitrogens with one attached hydrogen (secondary N) is 1. The fraction of sp³-hybridized carbons (Fsp3) is 0.375. The first-order valence-corrected chi connectivity index (χ1v) is 7.34. The van der Waals surface area contributed by atoms with Crippen LogP contribution < -0.4 is 5.32 Å². The van der Waals surface area contributed by atoms with Gasteiger partial charge in [0.15, 0.2) is 0 Å². The molecule has 1 aromatic heterocycles. The zero-order valence-electron chi connectivity index (χ0n) is 13.4. The van der Waals surface area contributed by atoms with Crippen molar-refractivity contribution in [3.05, 3.63) is 41.7 Å². The molecule has 0 atom stereocenters. The number of alkyl halides is 3. The van der Waals surface area contributed by atoms with Crippen molar-refractivity contribution in [2.45, 2.75) is 26.4 Å². The summed E-state index contributed by atoms with van der Waals surface area (Å²) in [6, 6.07) is 9.41.